The summed E-state index contributed by atoms with van der Waals surface area (Å²) in [6.07, 6.45) is -7.40. The number of amides is 2. The summed E-state index contributed by atoms with van der Waals surface area (Å²) in [5.74, 6) is -1.72. The van der Waals surface area contributed by atoms with Crippen molar-refractivity contribution in [1.29, 1.82) is 0 Å². The fourth-order valence-electron chi connectivity index (χ4n) is 6.61. The smallest absolute Gasteiger partial charge is 0.325 e. The van der Waals surface area contributed by atoms with Gasteiger partial charge in [-0.15, -0.1) is 0 Å². The lowest BCUT2D eigenvalue weighted by Crippen LogP contribution is -2.42. The lowest BCUT2D eigenvalue weighted by molar-refractivity contribution is -0.143. The first-order valence-corrected chi connectivity index (χ1v) is 12.9. The maximum absolute atomic E-state index is 13.9. The maximum Gasteiger partial charge on any atom is 0.416 e. The Labute approximate surface area is 222 Å². The van der Waals surface area contributed by atoms with Crippen molar-refractivity contribution in [2.24, 2.45) is 11.3 Å². The third kappa shape index (κ3) is 4.90. The van der Waals surface area contributed by atoms with Gasteiger partial charge in [0.1, 0.15) is 0 Å². The van der Waals surface area contributed by atoms with Gasteiger partial charge in [0.05, 0.1) is 22.5 Å². The molecule has 2 aliphatic heterocycles. The van der Waals surface area contributed by atoms with Gasteiger partial charge in [-0.05, 0) is 81.9 Å². The number of anilines is 2. The van der Waals surface area contributed by atoms with Gasteiger partial charge in [-0.2, -0.15) is 26.3 Å². The molecule has 3 unspecified atom stereocenters. The molecule has 2 aromatic rings. The predicted molar refractivity (Wildman–Crippen MR) is 133 cm³/mol. The van der Waals surface area contributed by atoms with Gasteiger partial charge in [0.25, 0.3) is 0 Å². The molecule has 2 heterocycles. The Hall–Kier alpha value is -3.08. The number of nitrogens with zero attached hydrogens (tertiary/aromatic N) is 2. The molecule has 2 saturated heterocycles. The van der Waals surface area contributed by atoms with Crippen molar-refractivity contribution in [2.75, 3.05) is 29.9 Å². The van der Waals surface area contributed by atoms with Crippen LogP contribution in [0.4, 0.5) is 37.7 Å². The van der Waals surface area contributed by atoms with Crippen LogP contribution >= 0.6 is 0 Å². The zero-order valence-electron chi connectivity index (χ0n) is 21.5. The lowest BCUT2D eigenvalue weighted by Gasteiger charge is -2.31. The fourth-order valence-corrected chi connectivity index (χ4v) is 6.61. The molecule has 5 rings (SSSR count). The number of likely N-dealkylation sites (tertiary alicyclic amines) is 1. The summed E-state index contributed by atoms with van der Waals surface area (Å²) < 4.78 is 80.6. The molecule has 0 aromatic heterocycles. The number of benzene rings is 2. The number of hydrogen-bond donors (Lipinski definition) is 1. The fraction of sp³-hybridized carbons (Fsp3) is 0.500. The van der Waals surface area contributed by atoms with E-state index in [1.807, 2.05) is 32.0 Å². The lowest BCUT2D eigenvalue weighted by atomic mass is 9.79. The number of alkyl halides is 6. The van der Waals surface area contributed by atoms with E-state index in [-0.39, 0.29) is 24.6 Å². The molecule has 39 heavy (non-hydrogen) atoms. The SMILES string of the molecule is Cc1cccc(C)c1N1CC2(C(=O)Nc3cc(C(F)(F)F)cc(C(F)(F)F)c3)CC(N3CCCC3)CC2C1=O. The Balaban J connectivity index is 1.53. The summed E-state index contributed by atoms with van der Waals surface area (Å²) in [6.45, 7) is 5.36. The summed E-state index contributed by atoms with van der Waals surface area (Å²) >= 11 is 0. The minimum absolute atomic E-state index is 0.00343. The highest BCUT2D eigenvalue weighted by Crippen LogP contribution is 2.53. The first-order valence-electron chi connectivity index (χ1n) is 12.9. The van der Waals surface area contributed by atoms with E-state index in [0.717, 1.165) is 37.1 Å². The van der Waals surface area contributed by atoms with Crippen LogP contribution in [-0.2, 0) is 21.9 Å². The van der Waals surface area contributed by atoms with Crippen molar-refractivity contribution in [3.05, 3.63) is 58.7 Å². The van der Waals surface area contributed by atoms with Gasteiger partial charge >= 0.3 is 12.4 Å². The summed E-state index contributed by atoms with van der Waals surface area (Å²) in [6, 6.07) is 6.53. The van der Waals surface area contributed by atoms with Gasteiger partial charge in [0.15, 0.2) is 0 Å². The Bertz CT molecular complexity index is 1250. The third-order valence-corrected chi connectivity index (χ3v) is 8.44. The zero-order valence-corrected chi connectivity index (χ0v) is 21.5. The summed E-state index contributed by atoms with van der Waals surface area (Å²) in [4.78, 5) is 31.5. The number of nitrogens with one attached hydrogen (secondary N) is 1. The molecule has 0 bridgehead atoms. The van der Waals surface area contributed by atoms with Crippen LogP contribution in [0.25, 0.3) is 0 Å². The van der Waals surface area contributed by atoms with Gasteiger partial charge in [0, 0.05) is 24.0 Å². The van der Waals surface area contributed by atoms with E-state index in [1.165, 1.54) is 0 Å². The van der Waals surface area contributed by atoms with Crippen LogP contribution < -0.4 is 10.2 Å². The maximum atomic E-state index is 13.9. The van der Waals surface area contributed by atoms with Crippen LogP contribution in [0.2, 0.25) is 0 Å². The van der Waals surface area contributed by atoms with Gasteiger partial charge in [-0.25, -0.2) is 0 Å². The van der Waals surface area contributed by atoms with E-state index in [2.05, 4.69) is 10.2 Å². The number of fused-ring (bicyclic) bond motifs is 1. The Morgan fingerprint density at radius 3 is 2.05 bits per heavy atom. The van der Waals surface area contributed by atoms with E-state index in [1.54, 1.807) is 4.90 Å². The molecule has 1 N–H and O–H groups in total. The van der Waals surface area contributed by atoms with Crippen LogP contribution in [0, 0.1) is 25.2 Å². The van der Waals surface area contributed by atoms with E-state index in [9.17, 15) is 35.9 Å². The first-order chi connectivity index (χ1) is 18.2. The molecular formula is C28H29F6N3O2. The number of carbonyl (C=O) groups excluding carboxylic acids is 2. The molecule has 3 atom stereocenters. The van der Waals surface area contributed by atoms with Crippen LogP contribution in [0.3, 0.4) is 0 Å². The van der Waals surface area contributed by atoms with Gasteiger partial charge in [-0.3, -0.25) is 9.59 Å². The van der Waals surface area contributed by atoms with E-state index in [4.69, 9.17) is 0 Å². The number of rotatable bonds is 4. The second kappa shape index (κ2) is 9.53. The normalized spacial score (nSPS) is 25.8. The number of para-hydroxylation sites is 1. The second-order valence-electron chi connectivity index (χ2n) is 11.0. The van der Waals surface area contributed by atoms with Crippen molar-refractivity contribution in [2.45, 2.75) is 57.9 Å². The van der Waals surface area contributed by atoms with E-state index >= 15 is 0 Å². The molecule has 210 valence electrons. The van der Waals surface area contributed by atoms with Crippen LogP contribution in [0.1, 0.15) is 47.9 Å². The van der Waals surface area contributed by atoms with Crippen molar-refractivity contribution in [3.8, 4) is 0 Å². The van der Waals surface area contributed by atoms with Crippen molar-refractivity contribution >= 4 is 23.2 Å². The summed E-state index contributed by atoms with van der Waals surface area (Å²) in [7, 11) is 0. The van der Waals surface area contributed by atoms with Crippen molar-refractivity contribution in [3.63, 3.8) is 0 Å². The van der Waals surface area contributed by atoms with Crippen molar-refractivity contribution < 1.29 is 35.9 Å². The number of hydrogen-bond acceptors (Lipinski definition) is 3. The molecule has 11 heteroatoms. The van der Waals surface area contributed by atoms with E-state index < -0.39 is 46.4 Å². The molecular weight excluding hydrogens is 524 g/mol. The molecule has 1 saturated carbocycles. The number of aryl methyl sites for hydroxylation is 2. The molecule has 3 aliphatic rings. The molecule has 0 radical (unpaired) electrons. The largest absolute Gasteiger partial charge is 0.416 e. The second-order valence-corrected chi connectivity index (χ2v) is 11.0. The Morgan fingerprint density at radius 1 is 0.949 bits per heavy atom. The highest BCUT2D eigenvalue weighted by molar-refractivity contribution is 6.08. The molecule has 2 amide bonds. The monoisotopic (exact) mass is 553 g/mol. The summed E-state index contributed by atoms with van der Waals surface area (Å²) in [5.41, 5.74) is -2.57. The topological polar surface area (TPSA) is 52.7 Å². The average molecular weight is 554 g/mol. The Morgan fingerprint density at radius 2 is 1.51 bits per heavy atom. The predicted octanol–water partition coefficient (Wildman–Crippen LogP) is 6.19. The molecule has 5 nitrogen and oxygen atoms in total. The Kier molecular flexibility index (Phi) is 6.72. The first kappa shape index (κ1) is 27.5. The molecule has 2 aromatic carbocycles. The number of halogens is 6. The average Bonchev–Trinajstić information content (AvgIpc) is 3.55. The van der Waals surface area contributed by atoms with Crippen LogP contribution in [-0.4, -0.2) is 42.4 Å². The van der Waals surface area contributed by atoms with Crippen LogP contribution in [0.15, 0.2) is 36.4 Å². The molecule has 3 fully saturated rings. The highest BCUT2D eigenvalue weighted by atomic mass is 19.4. The van der Waals surface area contributed by atoms with Gasteiger partial charge in [0.2, 0.25) is 11.8 Å². The molecule has 1 aliphatic carbocycles. The standard InChI is InChI=1S/C28H29F6N3O2/c1-16-6-5-7-17(2)23(16)37-15-26(14-21(13-22(26)24(37)38)36-8-3-4-9-36)25(39)35-20-11-18(27(29,30)31)10-19(12-20)28(32,33)34/h5-7,10-12,21-22H,3-4,8-9,13-15H2,1-2H3,(H,35,39). The molecule has 0 spiro atoms. The van der Waals surface area contributed by atoms with Gasteiger partial charge in [-0.1, -0.05) is 18.2 Å². The van der Waals surface area contributed by atoms with Gasteiger partial charge < -0.3 is 15.1 Å². The van der Waals surface area contributed by atoms with Crippen LogP contribution in [0.5, 0.6) is 0 Å². The zero-order chi connectivity index (χ0) is 28.3. The minimum atomic E-state index is -5.04. The van der Waals surface area contributed by atoms with E-state index in [0.29, 0.717) is 30.7 Å². The third-order valence-electron chi connectivity index (χ3n) is 8.44. The van der Waals surface area contributed by atoms with Crippen molar-refractivity contribution in [1.82, 2.24) is 4.90 Å². The number of carbonyl (C=O) groups is 2. The minimum Gasteiger partial charge on any atom is -0.325 e. The highest BCUT2D eigenvalue weighted by Gasteiger charge is 2.63. The summed E-state index contributed by atoms with van der Waals surface area (Å²) in [5, 5.41) is 2.37. The quantitative estimate of drug-likeness (QED) is 0.460.